The molecule has 0 aliphatic heterocycles. The van der Waals surface area contributed by atoms with E-state index in [-0.39, 0.29) is 0 Å². The van der Waals surface area contributed by atoms with Crippen molar-refractivity contribution in [3.8, 4) is 22.5 Å². The number of hydrogen-bond acceptors (Lipinski definition) is 1. The number of aromatic nitrogens is 2. The first kappa shape index (κ1) is 26.5. The van der Waals surface area contributed by atoms with Gasteiger partial charge >= 0.3 is 0 Å². The van der Waals surface area contributed by atoms with Gasteiger partial charge in [0, 0.05) is 49.3 Å². The zero-order valence-electron chi connectivity index (χ0n) is 26.5. The number of para-hydroxylation sites is 4. The average Bonchev–Trinajstić information content (AvgIpc) is 3.83. The van der Waals surface area contributed by atoms with E-state index in [9.17, 15) is 0 Å². The molecule has 3 heteroatoms. The second kappa shape index (κ2) is 9.96. The molecule has 3 heterocycles. The minimum atomic E-state index is 0.915. The summed E-state index contributed by atoms with van der Waals surface area (Å²) in [7, 11) is 0. The Morgan fingerprint density at radius 2 is 0.939 bits per heavy atom. The van der Waals surface area contributed by atoms with Crippen molar-refractivity contribution in [1.29, 1.82) is 0 Å². The van der Waals surface area contributed by atoms with E-state index in [0.717, 1.165) is 44.4 Å². The lowest BCUT2D eigenvalue weighted by atomic mass is 10.0. The predicted molar refractivity (Wildman–Crippen MR) is 205 cm³/mol. The third-order valence-electron chi connectivity index (χ3n) is 10.3. The maximum Gasteiger partial charge on any atom is 0.143 e. The molecular weight excluding hydrogens is 597 g/mol. The van der Waals surface area contributed by atoms with Gasteiger partial charge < -0.3 is 13.6 Å². The molecule has 11 aromatic rings. The van der Waals surface area contributed by atoms with Gasteiger partial charge in [0.05, 0.1) is 22.1 Å². The van der Waals surface area contributed by atoms with Crippen molar-refractivity contribution < 1.29 is 4.42 Å². The molecule has 0 N–H and O–H groups in total. The van der Waals surface area contributed by atoms with Gasteiger partial charge in [-0.25, -0.2) is 0 Å². The van der Waals surface area contributed by atoms with Gasteiger partial charge in [0.15, 0.2) is 0 Å². The molecule has 3 nitrogen and oxygen atoms in total. The molecule has 11 rings (SSSR count). The highest BCUT2D eigenvalue weighted by Crippen LogP contribution is 2.42. The summed E-state index contributed by atoms with van der Waals surface area (Å²) >= 11 is 0. The summed E-state index contributed by atoms with van der Waals surface area (Å²) in [5.74, 6) is 0. The molecule has 0 fully saturated rings. The molecule has 49 heavy (non-hydrogen) atoms. The Kier molecular flexibility index (Phi) is 5.38. The van der Waals surface area contributed by atoms with Gasteiger partial charge in [-0.3, -0.25) is 0 Å². The average molecular weight is 625 g/mol. The van der Waals surface area contributed by atoms with Crippen LogP contribution in [0.3, 0.4) is 0 Å². The molecule has 3 aromatic heterocycles. The van der Waals surface area contributed by atoms with Crippen molar-refractivity contribution in [2.24, 2.45) is 0 Å². The van der Waals surface area contributed by atoms with Gasteiger partial charge in [0.2, 0.25) is 0 Å². The van der Waals surface area contributed by atoms with E-state index >= 15 is 0 Å². The standard InChI is InChI=1S/C46H28N2O/c1-2-11-31-28-33(25-20-29(31)10-1)48-42-18-7-4-13-36(42)39-27-26-38-35-12-3-6-17-41(35)47(44(38)45(39)48)32-23-21-30(22-24-32)34-15-9-16-40-37-14-5-8-19-43(37)49-46(34)40/h1-28H. The van der Waals surface area contributed by atoms with Crippen molar-refractivity contribution in [3.05, 3.63) is 170 Å². The second-order valence-corrected chi connectivity index (χ2v) is 12.9. The van der Waals surface area contributed by atoms with Crippen LogP contribution in [-0.4, -0.2) is 9.13 Å². The maximum absolute atomic E-state index is 6.41. The molecule has 0 unspecified atom stereocenters. The highest BCUT2D eigenvalue weighted by molar-refractivity contribution is 6.24. The summed E-state index contributed by atoms with van der Waals surface area (Å²) in [5.41, 5.74) is 11.1. The van der Waals surface area contributed by atoms with Crippen LogP contribution in [0.1, 0.15) is 0 Å². The van der Waals surface area contributed by atoms with Crippen molar-refractivity contribution >= 4 is 76.3 Å². The van der Waals surface area contributed by atoms with Crippen LogP contribution in [-0.2, 0) is 0 Å². The van der Waals surface area contributed by atoms with Crippen molar-refractivity contribution in [3.63, 3.8) is 0 Å². The normalized spacial score (nSPS) is 12.1. The van der Waals surface area contributed by atoms with Crippen LogP contribution in [0.15, 0.2) is 174 Å². The van der Waals surface area contributed by atoms with Gasteiger partial charge in [-0.15, -0.1) is 0 Å². The quantitative estimate of drug-likeness (QED) is 0.192. The molecule has 0 radical (unpaired) electrons. The van der Waals surface area contributed by atoms with Crippen LogP contribution in [0.5, 0.6) is 0 Å². The molecule has 0 amide bonds. The molecule has 0 aliphatic rings. The number of furan rings is 1. The molecular formula is C46H28N2O. The van der Waals surface area contributed by atoms with Gasteiger partial charge in [-0.1, -0.05) is 127 Å². The Hall–Kier alpha value is -6.58. The monoisotopic (exact) mass is 624 g/mol. The third kappa shape index (κ3) is 3.73. The zero-order valence-corrected chi connectivity index (χ0v) is 26.5. The highest BCUT2D eigenvalue weighted by Gasteiger charge is 2.21. The Labute approximate surface area is 281 Å². The van der Waals surface area contributed by atoms with E-state index in [1.54, 1.807) is 0 Å². The Morgan fingerprint density at radius 1 is 0.367 bits per heavy atom. The fourth-order valence-corrected chi connectivity index (χ4v) is 8.12. The zero-order chi connectivity index (χ0) is 32.1. The first-order valence-corrected chi connectivity index (χ1v) is 16.8. The summed E-state index contributed by atoms with van der Waals surface area (Å²) in [5, 5.41) is 9.73. The van der Waals surface area contributed by atoms with Crippen LogP contribution in [0.4, 0.5) is 0 Å². The van der Waals surface area contributed by atoms with E-state index in [4.69, 9.17) is 4.42 Å². The van der Waals surface area contributed by atoms with E-state index in [0.29, 0.717) is 0 Å². The summed E-state index contributed by atoms with van der Waals surface area (Å²) in [6.07, 6.45) is 0. The lowest BCUT2D eigenvalue weighted by molar-refractivity contribution is 0.670. The van der Waals surface area contributed by atoms with E-state index in [1.807, 2.05) is 12.1 Å². The fourth-order valence-electron chi connectivity index (χ4n) is 8.12. The number of hydrogen-bond donors (Lipinski definition) is 0. The summed E-state index contributed by atoms with van der Waals surface area (Å²) in [4.78, 5) is 0. The number of nitrogens with zero attached hydrogens (tertiary/aromatic N) is 2. The first-order chi connectivity index (χ1) is 24.3. The van der Waals surface area contributed by atoms with Gasteiger partial charge in [-0.2, -0.15) is 0 Å². The number of fused-ring (bicyclic) bond motifs is 11. The minimum Gasteiger partial charge on any atom is -0.455 e. The van der Waals surface area contributed by atoms with Crippen LogP contribution in [0.2, 0.25) is 0 Å². The Bertz CT molecular complexity index is 3100. The van der Waals surface area contributed by atoms with E-state index in [2.05, 4.69) is 167 Å². The first-order valence-electron chi connectivity index (χ1n) is 16.8. The Morgan fingerprint density at radius 3 is 1.67 bits per heavy atom. The van der Waals surface area contributed by atoms with E-state index < -0.39 is 0 Å². The van der Waals surface area contributed by atoms with Gasteiger partial charge in [-0.05, 0) is 58.8 Å². The largest absolute Gasteiger partial charge is 0.455 e. The molecule has 228 valence electrons. The SMILES string of the molecule is c1ccc2cc(-n3c4ccccc4c4ccc5c6ccccc6n(-c6ccc(-c7cccc8c7oc7ccccc78)cc6)c5c43)ccc2c1. The summed E-state index contributed by atoms with van der Waals surface area (Å²) in [6.45, 7) is 0. The van der Waals surface area contributed by atoms with Crippen LogP contribution in [0.25, 0.3) is 98.8 Å². The predicted octanol–water partition coefficient (Wildman–Crippen LogP) is 12.6. The van der Waals surface area contributed by atoms with Crippen LogP contribution >= 0.6 is 0 Å². The molecule has 0 saturated heterocycles. The topological polar surface area (TPSA) is 23.0 Å². The van der Waals surface area contributed by atoms with Crippen molar-refractivity contribution in [1.82, 2.24) is 9.13 Å². The number of benzene rings is 8. The fraction of sp³-hybridized carbons (Fsp3) is 0. The maximum atomic E-state index is 6.41. The van der Waals surface area contributed by atoms with E-state index in [1.165, 1.54) is 54.4 Å². The lowest BCUT2D eigenvalue weighted by Gasteiger charge is -2.13. The van der Waals surface area contributed by atoms with Crippen molar-refractivity contribution in [2.75, 3.05) is 0 Å². The number of rotatable bonds is 3. The molecule has 0 spiro atoms. The third-order valence-corrected chi connectivity index (χ3v) is 10.3. The Balaban J connectivity index is 1.20. The molecule has 0 atom stereocenters. The molecule has 0 aliphatic carbocycles. The minimum absolute atomic E-state index is 0.915. The van der Waals surface area contributed by atoms with Gasteiger partial charge in [0.1, 0.15) is 11.2 Å². The van der Waals surface area contributed by atoms with Gasteiger partial charge in [0.25, 0.3) is 0 Å². The second-order valence-electron chi connectivity index (χ2n) is 12.9. The lowest BCUT2D eigenvalue weighted by Crippen LogP contribution is -1.99. The highest BCUT2D eigenvalue weighted by atomic mass is 16.3. The summed E-state index contributed by atoms with van der Waals surface area (Å²) < 4.78 is 11.3. The van der Waals surface area contributed by atoms with Crippen LogP contribution < -0.4 is 0 Å². The molecule has 8 aromatic carbocycles. The summed E-state index contributed by atoms with van der Waals surface area (Å²) in [6, 6.07) is 61.3. The molecule has 0 saturated carbocycles. The smallest absolute Gasteiger partial charge is 0.143 e. The van der Waals surface area contributed by atoms with Crippen LogP contribution in [0, 0.1) is 0 Å². The molecule has 0 bridgehead atoms. The van der Waals surface area contributed by atoms with Crippen molar-refractivity contribution in [2.45, 2.75) is 0 Å².